The van der Waals surface area contributed by atoms with Gasteiger partial charge in [-0.1, -0.05) is 6.92 Å². The zero-order chi connectivity index (χ0) is 14.5. The van der Waals surface area contributed by atoms with Crippen molar-refractivity contribution in [3.8, 4) is 0 Å². The highest BCUT2D eigenvalue weighted by Crippen LogP contribution is 2.24. The van der Waals surface area contributed by atoms with Crippen LogP contribution in [0.3, 0.4) is 0 Å². The molecule has 0 amide bonds. The lowest BCUT2D eigenvalue weighted by Gasteiger charge is -2.39. The molecule has 2 heterocycles. The molecule has 1 aliphatic rings. The molecular formula is C15H24FN3O. The van der Waals surface area contributed by atoms with Crippen molar-refractivity contribution < 1.29 is 9.13 Å². The van der Waals surface area contributed by atoms with Gasteiger partial charge in [0.15, 0.2) is 0 Å². The summed E-state index contributed by atoms with van der Waals surface area (Å²) in [5.74, 6) is -0.274. The Morgan fingerprint density at radius 3 is 3.00 bits per heavy atom. The lowest BCUT2D eigenvalue weighted by molar-refractivity contribution is -0.0563. The van der Waals surface area contributed by atoms with Gasteiger partial charge in [-0.2, -0.15) is 0 Å². The van der Waals surface area contributed by atoms with E-state index in [2.05, 4.69) is 29.0 Å². The monoisotopic (exact) mass is 281 g/mol. The Hall–Kier alpha value is -1.04. The minimum absolute atomic E-state index is 0.0389. The number of ether oxygens (including phenoxy) is 1. The van der Waals surface area contributed by atoms with Crippen molar-refractivity contribution >= 4 is 0 Å². The first kappa shape index (κ1) is 15.4. The van der Waals surface area contributed by atoms with Gasteiger partial charge in [-0.25, -0.2) is 4.39 Å². The summed E-state index contributed by atoms with van der Waals surface area (Å²) < 4.78 is 19.9. The number of aromatic nitrogens is 1. The SMILES string of the molecule is CCNC(c1ccncc1F)C1CN(C(C)C)CCO1. The Morgan fingerprint density at radius 1 is 1.55 bits per heavy atom. The van der Waals surface area contributed by atoms with Gasteiger partial charge in [0.1, 0.15) is 5.82 Å². The van der Waals surface area contributed by atoms with E-state index in [1.165, 1.54) is 6.20 Å². The lowest BCUT2D eigenvalue weighted by Crippen LogP contribution is -2.50. The largest absolute Gasteiger partial charge is 0.374 e. The minimum atomic E-state index is -0.274. The Morgan fingerprint density at radius 2 is 2.35 bits per heavy atom. The molecule has 112 valence electrons. The van der Waals surface area contributed by atoms with Gasteiger partial charge in [0.25, 0.3) is 0 Å². The molecule has 5 heteroatoms. The summed E-state index contributed by atoms with van der Waals surface area (Å²) in [5.41, 5.74) is 0.637. The van der Waals surface area contributed by atoms with Crippen LogP contribution in [0.25, 0.3) is 0 Å². The van der Waals surface area contributed by atoms with E-state index < -0.39 is 0 Å². The first-order chi connectivity index (χ1) is 9.63. The second kappa shape index (κ2) is 7.11. The van der Waals surface area contributed by atoms with Crippen LogP contribution in [0.5, 0.6) is 0 Å². The smallest absolute Gasteiger partial charge is 0.146 e. The molecule has 0 bridgehead atoms. The third kappa shape index (κ3) is 3.53. The third-order valence-electron chi connectivity index (χ3n) is 3.79. The molecule has 0 aliphatic carbocycles. The Balaban J connectivity index is 2.18. The minimum Gasteiger partial charge on any atom is -0.374 e. The molecule has 1 N–H and O–H groups in total. The molecule has 4 nitrogen and oxygen atoms in total. The fourth-order valence-electron chi connectivity index (χ4n) is 2.67. The van der Waals surface area contributed by atoms with E-state index >= 15 is 0 Å². The Bertz CT molecular complexity index is 427. The van der Waals surface area contributed by atoms with Crippen LogP contribution >= 0.6 is 0 Å². The molecule has 1 aromatic rings. The zero-order valence-corrected chi connectivity index (χ0v) is 12.5. The third-order valence-corrected chi connectivity index (χ3v) is 3.79. The van der Waals surface area contributed by atoms with E-state index in [1.807, 2.05) is 6.92 Å². The van der Waals surface area contributed by atoms with Crippen molar-refractivity contribution in [2.24, 2.45) is 0 Å². The average Bonchev–Trinajstić information content (AvgIpc) is 2.46. The van der Waals surface area contributed by atoms with Crippen molar-refractivity contribution in [1.82, 2.24) is 15.2 Å². The summed E-state index contributed by atoms with van der Waals surface area (Å²) >= 11 is 0. The number of nitrogens with zero attached hydrogens (tertiary/aromatic N) is 2. The van der Waals surface area contributed by atoms with E-state index in [4.69, 9.17) is 4.74 Å². The van der Waals surface area contributed by atoms with Gasteiger partial charge in [0.05, 0.1) is 24.9 Å². The number of likely N-dealkylation sites (N-methyl/N-ethyl adjacent to an activating group) is 1. The molecule has 0 saturated carbocycles. The standard InChI is InChI=1S/C15H24FN3O/c1-4-18-15(12-5-6-17-9-13(12)16)14-10-19(11(2)3)7-8-20-14/h5-6,9,11,14-15,18H,4,7-8,10H2,1-3H3. The molecule has 0 spiro atoms. The summed E-state index contributed by atoms with van der Waals surface area (Å²) in [6, 6.07) is 2.08. The predicted molar refractivity (Wildman–Crippen MR) is 77.1 cm³/mol. The molecular weight excluding hydrogens is 257 g/mol. The van der Waals surface area contributed by atoms with Gasteiger partial charge in [-0.05, 0) is 26.5 Å². The number of hydrogen-bond donors (Lipinski definition) is 1. The van der Waals surface area contributed by atoms with Gasteiger partial charge in [-0.3, -0.25) is 9.88 Å². The molecule has 2 atom stereocenters. The molecule has 1 aliphatic heterocycles. The summed E-state index contributed by atoms with van der Waals surface area (Å²) in [6.45, 7) is 9.60. The predicted octanol–water partition coefficient (Wildman–Crippen LogP) is 1.98. The number of halogens is 1. The fourth-order valence-corrected chi connectivity index (χ4v) is 2.67. The van der Waals surface area contributed by atoms with Gasteiger partial charge >= 0.3 is 0 Å². The molecule has 20 heavy (non-hydrogen) atoms. The van der Waals surface area contributed by atoms with Crippen LogP contribution in [0.4, 0.5) is 4.39 Å². The normalized spacial score (nSPS) is 22.1. The van der Waals surface area contributed by atoms with Crippen LogP contribution in [0.2, 0.25) is 0 Å². The number of nitrogens with one attached hydrogen (secondary N) is 1. The van der Waals surface area contributed by atoms with E-state index in [-0.39, 0.29) is 18.0 Å². The fraction of sp³-hybridized carbons (Fsp3) is 0.667. The van der Waals surface area contributed by atoms with E-state index in [1.54, 1.807) is 12.3 Å². The van der Waals surface area contributed by atoms with E-state index in [0.717, 1.165) is 19.6 Å². The molecule has 2 unspecified atom stereocenters. The summed E-state index contributed by atoms with van der Waals surface area (Å²) in [4.78, 5) is 6.19. The van der Waals surface area contributed by atoms with Crippen LogP contribution in [-0.4, -0.2) is 48.3 Å². The maximum absolute atomic E-state index is 14.0. The van der Waals surface area contributed by atoms with E-state index in [9.17, 15) is 4.39 Å². The molecule has 1 saturated heterocycles. The van der Waals surface area contributed by atoms with Crippen molar-refractivity contribution in [3.05, 3.63) is 29.8 Å². The van der Waals surface area contributed by atoms with Crippen LogP contribution in [0.15, 0.2) is 18.5 Å². The maximum Gasteiger partial charge on any atom is 0.146 e. The summed E-state index contributed by atoms with van der Waals surface area (Å²) in [6.07, 6.45) is 2.86. The highest BCUT2D eigenvalue weighted by molar-refractivity contribution is 5.19. The number of pyridine rings is 1. The average molecular weight is 281 g/mol. The Kier molecular flexibility index (Phi) is 5.46. The molecule has 0 radical (unpaired) electrons. The van der Waals surface area contributed by atoms with Crippen LogP contribution in [-0.2, 0) is 4.74 Å². The quantitative estimate of drug-likeness (QED) is 0.895. The molecule has 1 fully saturated rings. The van der Waals surface area contributed by atoms with Crippen LogP contribution in [0.1, 0.15) is 32.4 Å². The Labute approximate surface area is 120 Å². The number of hydrogen-bond acceptors (Lipinski definition) is 4. The van der Waals surface area contributed by atoms with Crippen molar-refractivity contribution in [2.45, 2.75) is 39.0 Å². The zero-order valence-electron chi connectivity index (χ0n) is 12.5. The van der Waals surface area contributed by atoms with Gasteiger partial charge in [0, 0.05) is 30.9 Å². The van der Waals surface area contributed by atoms with Gasteiger partial charge < -0.3 is 10.1 Å². The molecule has 0 aromatic carbocycles. The maximum atomic E-state index is 14.0. The van der Waals surface area contributed by atoms with E-state index in [0.29, 0.717) is 18.2 Å². The van der Waals surface area contributed by atoms with Crippen LogP contribution in [0, 0.1) is 5.82 Å². The lowest BCUT2D eigenvalue weighted by atomic mass is 10.00. The number of morpholine rings is 1. The van der Waals surface area contributed by atoms with Crippen molar-refractivity contribution in [3.63, 3.8) is 0 Å². The summed E-state index contributed by atoms with van der Waals surface area (Å²) in [5, 5.41) is 3.35. The molecule has 1 aromatic heterocycles. The summed E-state index contributed by atoms with van der Waals surface area (Å²) in [7, 11) is 0. The number of rotatable bonds is 5. The van der Waals surface area contributed by atoms with Crippen molar-refractivity contribution in [1.29, 1.82) is 0 Å². The highest BCUT2D eigenvalue weighted by atomic mass is 19.1. The second-order valence-electron chi connectivity index (χ2n) is 5.43. The van der Waals surface area contributed by atoms with Crippen LogP contribution < -0.4 is 5.32 Å². The van der Waals surface area contributed by atoms with Crippen molar-refractivity contribution in [2.75, 3.05) is 26.2 Å². The second-order valence-corrected chi connectivity index (χ2v) is 5.43. The first-order valence-electron chi connectivity index (χ1n) is 7.32. The topological polar surface area (TPSA) is 37.4 Å². The highest BCUT2D eigenvalue weighted by Gasteiger charge is 2.31. The molecule has 2 rings (SSSR count). The van der Waals surface area contributed by atoms with Gasteiger partial charge in [-0.15, -0.1) is 0 Å². The first-order valence-corrected chi connectivity index (χ1v) is 7.32. The van der Waals surface area contributed by atoms with Gasteiger partial charge in [0.2, 0.25) is 0 Å².